The average Bonchev–Trinajstić information content (AvgIpc) is 2.95. The van der Waals surface area contributed by atoms with Gasteiger partial charge in [-0.25, -0.2) is 0 Å². The van der Waals surface area contributed by atoms with Gasteiger partial charge in [-0.05, 0) is 29.8 Å². The predicted molar refractivity (Wildman–Crippen MR) is 85.0 cm³/mol. The first-order chi connectivity index (χ1) is 10.8. The number of rotatable bonds is 4. The molecule has 0 saturated heterocycles. The van der Waals surface area contributed by atoms with Crippen LogP contribution in [0.2, 0.25) is 0 Å². The van der Waals surface area contributed by atoms with Gasteiger partial charge in [0.05, 0.1) is 11.6 Å². The molecule has 0 aliphatic heterocycles. The van der Waals surface area contributed by atoms with Crippen LogP contribution in [0, 0.1) is 11.3 Å². The Hall–Kier alpha value is -2.65. The van der Waals surface area contributed by atoms with Gasteiger partial charge in [0, 0.05) is 19.0 Å². The summed E-state index contributed by atoms with van der Waals surface area (Å²) in [7, 11) is 1.94. The van der Waals surface area contributed by atoms with Gasteiger partial charge in [0.2, 0.25) is 0 Å². The van der Waals surface area contributed by atoms with Gasteiger partial charge in [-0.2, -0.15) is 5.26 Å². The number of benzene rings is 1. The number of aromatic nitrogens is 4. The molecular weight excluding hydrogens is 294 g/mol. The van der Waals surface area contributed by atoms with Crippen molar-refractivity contribution in [3.05, 3.63) is 59.8 Å². The molecular formula is C16H13N5S. The maximum Gasteiger partial charge on any atom is 0.191 e. The Balaban J connectivity index is 1.74. The van der Waals surface area contributed by atoms with Crippen molar-refractivity contribution in [1.82, 2.24) is 19.7 Å². The van der Waals surface area contributed by atoms with Crippen molar-refractivity contribution >= 4 is 11.8 Å². The van der Waals surface area contributed by atoms with E-state index in [1.165, 1.54) is 0 Å². The summed E-state index contributed by atoms with van der Waals surface area (Å²) in [5.41, 5.74) is 2.62. The minimum Gasteiger partial charge on any atom is -0.304 e. The van der Waals surface area contributed by atoms with Crippen LogP contribution in [0.4, 0.5) is 0 Å². The van der Waals surface area contributed by atoms with Crippen molar-refractivity contribution in [2.45, 2.75) is 10.9 Å². The zero-order chi connectivity index (χ0) is 15.4. The van der Waals surface area contributed by atoms with E-state index >= 15 is 0 Å². The highest BCUT2D eigenvalue weighted by Crippen LogP contribution is 2.24. The van der Waals surface area contributed by atoms with Gasteiger partial charge in [0.1, 0.15) is 5.69 Å². The van der Waals surface area contributed by atoms with Crippen LogP contribution in [0.15, 0.2) is 53.8 Å². The molecule has 108 valence electrons. The summed E-state index contributed by atoms with van der Waals surface area (Å²) < 4.78 is 1.94. The van der Waals surface area contributed by atoms with Gasteiger partial charge in [0.25, 0.3) is 0 Å². The third-order valence-corrected chi connectivity index (χ3v) is 4.27. The lowest BCUT2D eigenvalue weighted by molar-refractivity contribution is 0.792. The van der Waals surface area contributed by atoms with Gasteiger partial charge in [0.15, 0.2) is 11.0 Å². The van der Waals surface area contributed by atoms with Crippen molar-refractivity contribution in [1.29, 1.82) is 5.26 Å². The smallest absolute Gasteiger partial charge is 0.191 e. The van der Waals surface area contributed by atoms with E-state index in [4.69, 9.17) is 5.26 Å². The molecule has 0 N–H and O–H groups in total. The summed E-state index contributed by atoms with van der Waals surface area (Å²) in [6.07, 6.45) is 1.74. The summed E-state index contributed by atoms with van der Waals surface area (Å²) in [4.78, 5) is 4.30. The molecule has 0 amide bonds. The van der Waals surface area contributed by atoms with Crippen LogP contribution in [-0.4, -0.2) is 19.7 Å². The van der Waals surface area contributed by atoms with E-state index in [2.05, 4.69) is 21.3 Å². The summed E-state index contributed by atoms with van der Waals surface area (Å²) in [5.74, 6) is 1.53. The summed E-state index contributed by atoms with van der Waals surface area (Å²) in [5, 5.41) is 18.1. The maximum absolute atomic E-state index is 8.80. The Morgan fingerprint density at radius 1 is 1.14 bits per heavy atom. The molecule has 0 radical (unpaired) electrons. The first-order valence-electron chi connectivity index (χ1n) is 6.70. The van der Waals surface area contributed by atoms with E-state index < -0.39 is 0 Å². The zero-order valence-electron chi connectivity index (χ0n) is 12.0. The molecule has 22 heavy (non-hydrogen) atoms. The largest absolute Gasteiger partial charge is 0.304 e. The van der Waals surface area contributed by atoms with Crippen LogP contribution in [-0.2, 0) is 12.8 Å². The summed E-state index contributed by atoms with van der Waals surface area (Å²) >= 11 is 1.61. The Morgan fingerprint density at radius 2 is 1.95 bits per heavy atom. The van der Waals surface area contributed by atoms with Crippen LogP contribution < -0.4 is 0 Å². The first kappa shape index (κ1) is 14.3. The average molecular weight is 307 g/mol. The molecule has 3 rings (SSSR count). The van der Waals surface area contributed by atoms with E-state index in [1.54, 1.807) is 18.0 Å². The number of thioether (sulfide) groups is 1. The van der Waals surface area contributed by atoms with E-state index in [0.717, 1.165) is 28.0 Å². The predicted octanol–water partition coefficient (Wildman–Crippen LogP) is 3.04. The monoisotopic (exact) mass is 307 g/mol. The number of nitriles is 1. The maximum atomic E-state index is 8.80. The molecule has 6 heteroatoms. The van der Waals surface area contributed by atoms with Crippen LogP contribution in [0.1, 0.15) is 11.1 Å². The Morgan fingerprint density at radius 3 is 2.64 bits per heavy atom. The SMILES string of the molecule is Cn1c(SCc2ccc(C#N)cc2)nnc1-c1ccccn1. The highest BCUT2D eigenvalue weighted by Gasteiger charge is 2.11. The molecule has 5 nitrogen and oxygen atoms in total. The lowest BCUT2D eigenvalue weighted by Crippen LogP contribution is -1.96. The van der Waals surface area contributed by atoms with Gasteiger partial charge >= 0.3 is 0 Å². The van der Waals surface area contributed by atoms with Gasteiger partial charge < -0.3 is 4.57 Å². The molecule has 0 aliphatic carbocycles. The molecule has 0 aliphatic rings. The molecule has 1 aromatic carbocycles. The van der Waals surface area contributed by atoms with E-state index in [1.807, 2.05) is 54.1 Å². The number of hydrogen-bond acceptors (Lipinski definition) is 5. The molecule has 0 bridgehead atoms. The van der Waals surface area contributed by atoms with Crippen molar-refractivity contribution in [2.24, 2.45) is 7.05 Å². The lowest BCUT2D eigenvalue weighted by atomic mass is 10.2. The summed E-state index contributed by atoms with van der Waals surface area (Å²) in [6, 6.07) is 15.4. The van der Waals surface area contributed by atoms with Crippen molar-refractivity contribution in [3.8, 4) is 17.6 Å². The number of hydrogen-bond donors (Lipinski definition) is 0. The third kappa shape index (κ3) is 3.00. The van der Waals surface area contributed by atoms with Gasteiger partial charge in [-0.15, -0.1) is 10.2 Å². The highest BCUT2D eigenvalue weighted by molar-refractivity contribution is 7.98. The Labute approximate surface area is 132 Å². The van der Waals surface area contributed by atoms with Gasteiger partial charge in [-0.1, -0.05) is 30.0 Å². The van der Waals surface area contributed by atoms with E-state index in [0.29, 0.717) is 5.56 Å². The highest BCUT2D eigenvalue weighted by atomic mass is 32.2. The van der Waals surface area contributed by atoms with E-state index in [9.17, 15) is 0 Å². The molecule has 2 aromatic heterocycles. The quantitative estimate of drug-likeness (QED) is 0.693. The van der Waals surface area contributed by atoms with Crippen LogP contribution >= 0.6 is 11.8 Å². The standard InChI is InChI=1S/C16H13N5S/c1-21-15(14-4-2-3-9-18-14)19-20-16(21)22-11-13-7-5-12(10-17)6-8-13/h2-9H,11H2,1H3. The molecule has 2 heterocycles. The fourth-order valence-electron chi connectivity index (χ4n) is 1.98. The van der Waals surface area contributed by atoms with Crippen LogP contribution in [0.5, 0.6) is 0 Å². The minimum absolute atomic E-state index is 0.671. The van der Waals surface area contributed by atoms with Crippen molar-refractivity contribution in [3.63, 3.8) is 0 Å². The van der Waals surface area contributed by atoms with Crippen molar-refractivity contribution in [2.75, 3.05) is 0 Å². The zero-order valence-corrected chi connectivity index (χ0v) is 12.8. The second-order valence-corrected chi connectivity index (χ2v) is 5.62. The molecule has 0 unspecified atom stereocenters. The second-order valence-electron chi connectivity index (χ2n) is 4.68. The normalized spacial score (nSPS) is 10.4. The molecule has 0 spiro atoms. The van der Waals surface area contributed by atoms with Crippen LogP contribution in [0.25, 0.3) is 11.5 Å². The molecule has 0 atom stereocenters. The second kappa shape index (κ2) is 6.41. The fourth-order valence-corrected chi connectivity index (χ4v) is 2.85. The molecule has 0 fully saturated rings. The third-order valence-electron chi connectivity index (χ3n) is 3.18. The van der Waals surface area contributed by atoms with Crippen LogP contribution in [0.3, 0.4) is 0 Å². The minimum atomic E-state index is 0.671. The van der Waals surface area contributed by atoms with E-state index in [-0.39, 0.29) is 0 Å². The van der Waals surface area contributed by atoms with Gasteiger partial charge in [-0.3, -0.25) is 4.98 Å². The number of nitrogens with zero attached hydrogens (tertiary/aromatic N) is 5. The lowest BCUT2D eigenvalue weighted by Gasteiger charge is -2.03. The summed E-state index contributed by atoms with van der Waals surface area (Å²) in [6.45, 7) is 0. The Bertz CT molecular complexity index is 803. The molecule has 3 aromatic rings. The molecule has 0 saturated carbocycles. The fraction of sp³-hybridized carbons (Fsp3) is 0.125. The first-order valence-corrected chi connectivity index (χ1v) is 7.69. The van der Waals surface area contributed by atoms with Crippen molar-refractivity contribution < 1.29 is 0 Å². The number of pyridine rings is 1. The topological polar surface area (TPSA) is 67.4 Å². The Kier molecular flexibility index (Phi) is 4.17.